The van der Waals surface area contributed by atoms with Crippen LogP contribution in [-0.4, -0.2) is 23.5 Å². The highest BCUT2D eigenvalue weighted by Gasteiger charge is 2.00. The molecule has 0 aromatic carbocycles. The Morgan fingerprint density at radius 1 is 1.50 bits per heavy atom. The summed E-state index contributed by atoms with van der Waals surface area (Å²) in [7, 11) is 1.97. The van der Waals surface area contributed by atoms with Gasteiger partial charge in [-0.05, 0) is 19.2 Å². The second-order valence-corrected chi connectivity index (χ2v) is 3.20. The van der Waals surface area contributed by atoms with Crippen LogP contribution in [0.25, 0.3) is 0 Å². The number of pyridine rings is 1. The standard InChI is InChI=1S/C11H15N3/c1-3-7-14(2)9-11-6-4-5-10(8-12)13-11/h1,4-6H,7-9,12H2,2H3. The zero-order valence-electron chi connectivity index (χ0n) is 8.40. The molecule has 0 aliphatic rings. The molecule has 0 unspecified atom stereocenters. The summed E-state index contributed by atoms with van der Waals surface area (Å²) in [6.07, 6.45) is 5.21. The Bertz CT molecular complexity index is 328. The molecule has 1 rings (SSSR count). The highest BCUT2D eigenvalue weighted by Crippen LogP contribution is 2.01. The van der Waals surface area contributed by atoms with E-state index in [0.29, 0.717) is 13.1 Å². The molecule has 0 aliphatic carbocycles. The minimum absolute atomic E-state index is 0.479. The minimum Gasteiger partial charge on any atom is -0.325 e. The number of nitrogens with zero attached hydrogens (tertiary/aromatic N) is 2. The Labute approximate surface area is 84.9 Å². The van der Waals surface area contributed by atoms with Crippen molar-refractivity contribution >= 4 is 0 Å². The summed E-state index contributed by atoms with van der Waals surface area (Å²) in [5.74, 6) is 2.59. The number of aromatic nitrogens is 1. The lowest BCUT2D eigenvalue weighted by Gasteiger charge is -2.12. The van der Waals surface area contributed by atoms with E-state index in [1.807, 2.05) is 30.1 Å². The van der Waals surface area contributed by atoms with Gasteiger partial charge in [0.2, 0.25) is 0 Å². The second kappa shape index (κ2) is 5.38. The Balaban J connectivity index is 2.63. The van der Waals surface area contributed by atoms with Gasteiger partial charge in [-0.25, -0.2) is 0 Å². The van der Waals surface area contributed by atoms with Gasteiger partial charge >= 0.3 is 0 Å². The normalized spacial score (nSPS) is 10.1. The molecule has 1 aromatic rings. The first-order valence-electron chi connectivity index (χ1n) is 4.53. The fourth-order valence-electron chi connectivity index (χ4n) is 1.22. The molecule has 0 fully saturated rings. The highest BCUT2D eigenvalue weighted by atomic mass is 15.1. The zero-order chi connectivity index (χ0) is 10.4. The van der Waals surface area contributed by atoms with E-state index >= 15 is 0 Å². The first-order chi connectivity index (χ1) is 6.76. The second-order valence-electron chi connectivity index (χ2n) is 3.20. The molecule has 2 N–H and O–H groups in total. The van der Waals surface area contributed by atoms with Crippen LogP contribution in [0.15, 0.2) is 18.2 Å². The van der Waals surface area contributed by atoms with Crippen molar-refractivity contribution in [3.63, 3.8) is 0 Å². The summed E-state index contributed by atoms with van der Waals surface area (Å²) < 4.78 is 0. The van der Waals surface area contributed by atoms with Crippen LogP contribution in [0.2, 0.25) is 0 Å². The predicted molar refractivity (Wildman–Crippen MR) is 57.3 cm³/mol. The van der Waals surface area contributed by atoms with E-state index in [-0.39, 0.29) is 0 Å². The van der Waals surface area contributed by atoms with Gasteiger partial charge in [-0.2, -0.15) is 0 Å². The molecule has 1 aromatic heterocycles. The van der Waals surface area contributed by atoms with Gasteiger partial charge < -0.3 is 5.73 Å². The Kier molecular flexibility index (Phi) is 4.11. The van der Waals surface area contributed by atoms with Crippen molar-refractivity contribution in [1.29, 1.82) is 0 Å². The first kappa shape index (κ1) is 10.7. The topological polar surface area (TPSA) is 42.1 Å². The van der Waals surface area contributed by atoms with E-state index in [2.05, 4.69) is 10.9 Å². The summed E-state index contributed by atoms with van der Waals surface area (Å²) in [5, 5.41) is 0. The van der Waals surface area contributed by atoms with Crippen molar-refractivity contribution in [2.75, 3.05) is 13.6 Å². The molecule has 0 spiro atoms. The lowest BCUT2D eigenvalue weighted by molar-refractivity contribution is 0.364. The summed E-state index contributed by atoms with van der Waals surface area (Å²) in [6.45, 7) is 1.87. The number of hydrogen-bond donors (Lipinski definition) is 1. The van der Waals surface area contributed by atoms with E-state index in [1.54, 1.807) is 0 Å². The number of terminal acetylenes is 1. The van der Waals surface area contributed by atoms with Crippen molar-refractivity contribution < 1.29 is 0 Å². The van der Waals surface area contributed by atoms with Gasteiger partial charge in [0, 0.05) is 13.1 Å². The molecular formula is C11H15N3. The average molecular weight is 189 g/mol. The minimum atomic E-state index is 0.479. The largest absolute Gasteiger partial charge is 0.325 e. The molecule has 14 heavy (non-hydrogen) atoms. The van der Waals surface area contributed by atoms with Gasteiger partial charge in [0.05, 0.1) is 17.9 Å². The summed E-state index contributed by atoms with van der Waals surface area (Å²) in [5.41, 5.74) is 7.42. The van der Waals surface area contributed by atoms with Gasteiger partial charge in [0.15, 0.2) is 0 Å². The van der Waals surface area contributed by atoms with Crippen molar-refractivity contribution in [1.82, 2.24) is 9.88 Å². The van der Waals surface area contributed by atoms with Crippen molar-refractivity contribution in [3.05, 3.63) is 29.6 Å². The molecule has 0 aliphatic heterocycles. The molecule has 0 atom stereocenters. The zero-order valence-corrected chi connectivity index (χ0v) is 8.40. The molecule has 0 saturated heterocycles. The van der Waals surface area contributed by atoms with Crippen LogP contribution < -0.4 is 5.73 Å². The molecular weight excluding hydrogens is 174 g/mol. The third-order valence-corrected chi connectivity index (χ3v) is 1.87. The molecule has 0 saturated carbocycles. The molecule has 0 amide bonds. The maximum absolute atomic E-state index is 5.50. The van der Waals surface area contributed by atoms with Crippen LogP contribution in [0.4, 0.5) is 0 Å². The number of hydrogen-bond acceptors (Lipinski definition) is 3. The lowest BCUT2D eigenvalue weighted by Crippen LogP contribution is -2.19. The summed E-state index contributed by atoms with van der Waals surface area (Å²) in [6, 6.07) is 5.87. The average Bonchev–Trinajstić information content (AvgIpc) is 2.18. The molecule has 0 bridgehead atoms. The van der Waals surface area contributed by atoms with Crippen molar-refractivity contribution in [2.45, 2.75) is 13.1 Å². The van der Waals surface area contributed by atoms with Gasteiger partial charge in [-0.3, -0.25) is 9.88 Å². The monoisotopic (exact) mass is 189 g/mol. The molecule has 0 radical (unpaired) electrons. The van der Waals surface area contributed by atoms with E-state index in [1.165, 1.54) is 0 Å². The third-order valence-electron chi connectivity index (χ3n) is 1.87. The van der Waals surface area contributed by atoms with Crippen LogP contribution in [0, 0.1) is 12.3 Å². The highest BCUT2D eigenvalue weighted by molar-refractivity contribution is 5.11. The van der Waals surface area contributed by atoms with Crippen LogP contribution in [0.5, 0.6) is 0 Å². The Morgan fingerprint density at radius 2 is 2.21 bits per heavy atom. The van der Waals surface area contributed by atoms with Gasteiger partial charge in [0.25, 0.3) is 0 Å². The predicted octanol–water partition coefficient (Wildman–Crippen LogP) is 0.605. The maximum atomic E-state index is 5.50. The summed E-state index contributed by atoms with van der Waals surface area (Å²) in [4.78, 5) is 6.41. The smallest absolute Gasteiger partial charge is 0.0599 e. The quantitative estimate of drug-likeness (QED) is 0.705. The Morgan fingerprint density at radius 3 is 2.86 bits per heavy atom. The van der Waals surface area contributed by atoms with E-state index in [0.717, 1.165) is 17.9 Å². The molecule has 1 heterocycles. The summed E-state index contributed by atoms with van der Waals surface area (Å²) >= 11 is 0. The number of rotatable bonds is 4. The molecule has 74 valence electrons. The number of nitrogens with two attached hydrogens (primary N) is 1. The first-order valence-corrected chi connectivity index (χ1v) is 4.53. The van der Waals surface area contributed by atoms with E-state index in [4.69, 9.17) is 12.2 Å². The van der Waals surface area contributed by atoms with Gasteiger partial charge in [0.1, 0.15) is 0 Å². The fraction of sp³-hybridized carbons (Fsp3) is 0.364. The van der Waals surface area contributed by atoms with Crippen molar-refractivity contribution in [3.8, 4) is 12.3 Å². The SMILES string of the molecule is C#CCN(C)Cc1cccc(CN)n1. The van der Waals surface area contributed by atoms with Gasteiger partial charge in [-0.1, -0.05) is 12.0 Å². The maximum Gasteiger partial charge on any atom is 0.0599 e. The fourth-order valence-corrected chi connectivity index (χ4v) is 1.22. The van der Waals surface area contributed by atoms with Crippen LogP contribution >= 0.6 is 0 Å². The van der Waals surface area contributed by atoms with Crippen LogP contribution in [0.3, 0.4) is 0 Å². The van der Waals surface area contributed by atoms with E-state index in [9.17, 15) is 0 Å². The van der Waals surface area contributed by atoms with Crippen molar-refractivity contribution in [2.24, 2.45) is 5.73 Å². The van der Waals surface area contributed by atoms with E-state index < -0.39 is 0 Å². The van der Waals surface area contributed by atoms with Crippen LogP contribution in [-0.2, 0) is 13.1 Å². The molecule has 3 nitrogen and oxygen atoms in total. The lowest BCUT2D eigenvalue weighted by atomic mass is 10.3. The molecule has 3 heteroatoms. The van der Waals surface area contributed by atoms with Crippen LogP contribution in [0.1, 0.15) is 11.4 Å². The third kappa shape index (κ3) is 3.17. The van der Waals surface area contributed by atoms with Gasteiger partial charge in [-0.15, -0.1) is 6.42 Å². The Hall–Kier alpha value is -1.37.